The van der Waals surface area contributed by atoms with Crippen molar-refractivity contribution >= 4 is 16.0 Å². The summed E-state index contributed by atoms with van der Waals surface area (Å²) in [5.74, 6) is -1.09. The van der Waals surface area contributed by atoms with E-state index in [1.807, 2.05) is 0 Å². The Labute approximate surface area is 132 Å². The number of hydrogen-bond donors (Lipinski definition) is 2. The van der Waals surface area contributed by atoms with E-state index in [1.165, 1.54) is 32.0 Å². The van der Waals surface area contributed by atoms with Gasteiger partial charge >= 0.3 is 12.1 Å². The van der Waals surface area contributed by atoms with Crippen molar-refractivity contribution in [2.24, 2.45) is 0 Å². The van der Waals surface area contributed by atoms with E-state index in [1.54, 1.807) is 16.3 Å². The normalized spacial score (nSPS) is 13.6. The van der Waals surface area contributed by atoms with Gasteiger partial charge in [0.05, 0.1) is 17.9 Å². The number of aryl methyl sites for hydroxylation is 1. The van der Waals surface area contributed by atoms with Gasteiger partial charge in [0.2, 0.25) is 0 Å². The molecule has 0 aliphatic rings. The number of sulfonamides is 1. The summed E-state index contributed by atoms with van der Waals surface area (Å²) in [6.07, 6.45) is -5.88. The van der Waals surface area contributed by atoms with Crippen molar-refractivity contribution in [3.05, 3.63) is 29.8 Å². The van der Waals surface area contributed by atoms with Crippen LogP contribution in [0.5, 0.6) is 0 Å². The Kier molecular flexibility index (Phi) is 6.54. The Morgan fingerprint density at radius 2 is 1.91 bits per heavy atom. The molecule has 0 aromatic heterocycles. The molecule has 0 amide bonds. The highest BCUT2D eigenvalue weighted by molar-refractivity contribution is 7.89. The van der Waals surface area contributed by atoms with Crippen LogP contribution in [0.3, 0.4) is 0 Å². The van der Waals surface area contributed by atoms with Gasteiger partial charge in [-0.15, -0.1) is 4.83 Å². The third-order valence-electron chi connectivity index (χ3n) is 2.82. The van der Waals surface area contributed by atoms with E-state index in [0.29, 0.717) is 5.56 Å². The molecule has 0 fully saturated rings. The van der Waals surface area contributed by atoms with Gasteiger partial charge in [-0.1, -0.05) is 18.2 Å². The molecule has 0 aliphatic heterocycles. The van der Waals surface area contributed by atoms with Crippen molar-refractivity contribution in [3.8, 4) is 0 Å². The minimum atomic E-state index is -4.83. The number of alkyl halides is 3. The Morgan fingerprint density at radius 3 is 2.43 bits per heavy atom. The minimum absolute atomic E-state index is 0.0711. The molecule has 23 heavy (non-hydrogen) atoms. The molecule has 1 unspecified atom stereocenters. The van der Waals surface area contributed by atoms with Crippen LogP contribution in [0.2, 0.25) is 0 Å². The smallest absolute Gasteiger partial charge is 0.405 e. The summed E-state index contributed by atoms with van der Waals surface area (Å²) >= 11 is 0. The standard InChI is InChI=1S/C13H17F3N2O4S/c1-3-22-12(19)8-11(13(14,15)16)17-18-23(20,21)10-7-5-4-6-9(10)2/h4-7,11,17-18H,3,8H2,1-2H3. The van der Waals surface area contributed by atoms with Gasteiger partial charge < -0.3 is 4.74 Å². The topological polar surface area (TPSA) is 84.5 Å². The molecule has 1 aromatic rings. The maximum Gasteiger partial charge on any atom is 0.405 e. The number of esters is 1. The highest BCUT2D eigenvalue weighted by Gasteiger charge is 2.42. The van der Waals surface area contributed by atoms with Crippen LogP contribution in [0.15, 0.2) is 29.2 Å². The minimum Gasteiger partial charge on any atom is -0.466 e. The number of carbonyl (C=O) groups is 1. The Morgan fingerprint density at radius 1 is 1.30 bits per heavy atom. The molecule has 1 aromatic carbocycles. The first kappa shape index (κ1) is 19.4. The molecular formula is C13H17F3N2O4S. The van der Waals surface area contributed by atoms with E-state index in [0.717, 1.165) is 0 Å². The second kappa shape index (κ2) is 7.75. The van der Waals surface area contributed by atoms with E-state index in [2.05, 4.69) is 4.74 Å². The van der Waals surface area contributed by atoms with E-state index in [9.17, 15) is 26.4 Å². The highest BCUT2D eigenvalue weighted by Crippen LogP contribution is 2.23. The Balaban J connectivity index is 2.86. The first-order valence-electron chi connectivity index (χ1n) is 6.63. The summed E-state index contributed by atoms with van der Waals surface area (Å²) in [4.78, 5) is 12.7. The molecule has 0 heterocycles. The number of rotatable bonds is 7. The molecule has 2 N–H and O–H groups in total. The van der Waals surface area contributed by atoms with Crippen molar-refractivity contribution in [1.29, 1.82) is 0 Å². The summed E-state index contributed by atoms with van der Waals surface area (Å²) in [5, 5.41) is 0. The van der Waals surface area contributed by atoms with Gasteiger partial charge in [-0.2, -0.15) is 13.2 Å². The summed E-state index contributed by atoms with van der Waals surface area (Å²) < 4.78 is 67.1. The number of halogens is 3. The molecule has 0 bridgehead atoms. The molecule has 6 nitrogen and oxygen atoms in total. The fourth-order valence-corrected chi connectivity index (χ4v) is 2.85. The molecule has 130 valence electrons. The molecule has 10 heteroatoms. The maximum atomic E-state index is 12.9. The molecule has 0 spiro atoms. The molecule has 0 aliphatic carbocycles. The largest absolute Gasteiger partial charge is 0.466 e. The van der Waals surface area contributed by atoms with Crippen molar-refractivity contribution in [3.63, 3.8) is 0 Å². The third kappa shape index (κ3) is 5.81. The second-order valence-electron chi connectivity index (χ2n) is 4.62. The van der Waals surface area contributed by atoms with Crippen LogP contribution < -0.4 is 10.3 Å². The molecule has 0 radical (unpaired) electrons. The highest BCUT2D eigenvalue weighted by atomic mass is 32.2. The quantitative estimate of drug-likeness (QED) is 0.575. The van der Waals surface area contributed by atoms with E-state index < -0.39 is 34.6 Å². The maximum absolute atomic E-state index is 12.9. The van der Waals surface area contributed by atoms with Crippen LogP contribution in [0.4, 0.5) is 13.2 Å². The van der Waals surface area contributed by atoms with Gasteiger partial charge in [0.1, 0.15) is 6.04 Å². The summed E-state index contributed by atoms with van der Waals surface area (Å²) in [7, 11) is -4.21. The van der Waals surface area contributed by atoms with Crippen molar-refractivity contribution < 1.29 is 31.1 Å². The molecule has 1 atom stereocenters. The van der Waals surface area contributed by atoms with E-state index in [-0.39, 0.29) is 11.5 Å². The van der Waals surface area contributed by atoms with Crippen molar-refractivity contribution in [1.82, 2.24) is 10.3 Å². The first-order chi connectivity index (χ1) is 10.6. The molecule has 0 saturated carbocycles. The van der Waals surface area contributed by atoms with Crippen molar-refractivity contribution in [2.45, 2.75) is 37.4 Å². The van der Waals surface area contributed by atoms with Crippen LogP contribution in [0, 0.1) is 6.92 Å². The van der Waals surface area contributed by atoms with Gasteiger partial charge in [0, 0.05) is 0 Å². The zero-order valence-electron chi connectivity index (χ0n) is 12.5. The molecule has 0 saturated heterocycles. The lowest BCUT2D eigenvalue weighted by atomic mass is 10.2. The summed E-state index contributed by atoms with van der Waals surface area (Å²) in [6, 6.07) is 3.41. The fourth-order valence-electron chi connectivity index (χ4n) is 1.70. The average Bonchev–Trinajstić information content (AvgIpc) is 2.42. The number of hydrazine groups is 1. The van der Waals surface area contributed by atoms with Gasteiger partial charge in [-0.05, 0) is 25.5 Å². The first-order valence-corrected chi connectivity index (χ1v) is 8.11. The number of ether oxygens (including phenoxy) is 1. The number of nitrogens with one attached hydrogen (secondary N) is 2. The summed E-state index contributed by atoms with van der Waals surface area (Å²) in [6.45, 7) is 2.89. The number of carbonyl (C=O) groups excluding carboxylic acids is 1. The third-order valence-corrected chi connectivity index (χ3v) is 4.25. The lowest BCUT2D eigenvalue weighted by Crippen LogP contribution is -2.52. The van der Waals surface area contributed by atoms with Gasteiger partial charge in [-0.3, -0.25) is 4.79 Å². The van der Waals surface area contributed by atoms with Crippen LogP contribution in [-0.2, 0) is 19.6 Å². The Bertz CT molecular complexity index is 647. The predicted molar refractivity (Wildman–Crippen MR) is 75.7 cm³/mol. The number of benzene rings is 1. The van der Waals surface area contributed by atoms with Gasteiger partial charge in [0.25, 0.3) is 10.0 Å². The fraction of sp³-hybridized carbons (Fsp3) is 0.462. The molecular weight excluding hydrogens is 337 g/mol. The predicted octanol–water partition coefficient (Wildman–Crippen LogP) is 1.66. The van der Waals surface area contributed by atoms with Crippen molar-refractivity contribution in [2.75, 3.05) is 6.61 Å². The second-order valence-corrected chi connectivity index (χ2v) is 6.27. The number of hydrogen-bond acceptors (Lipinski definition) is 5. The lowest BCUT2D eigenvalue weighted by Gasteiger charge is -2.21. The van der Waals surface area contributed by atoms with Crippen LogP contribution in [0.25, 0.3) is 0 Å². The SMILES string of the molecule is CCOC(=O)CC(NNS(=O)(=O)c1ccccc1C)C(F)(F)F. The average molecular weight is 354 g/mol. The monoisotopic (exact) mass is 354 g/mol. The molecule has 1 rings (SSSR count). The van der Waals surface area contributed by atoms with Gasteiger partial charge in [-0.25, -0.2) is 13.8 Å². The van der Waals surface area contributed by atoms with Crippen LogP contribution in [0.1, 0.15) is 18.9 Å². The lowest BCUT2D eigenvalue weighted by molar-refractivity contribution is -0.170. The Hall–Kier alpha value is -1.65. The van der Waals surface area contributed by atoms with Crippen LogP contribution >= 0.6 is 0 Å². The zero-order chi connectivity index (χ0) is 17.7. The summed E-state index contributed by atoms with van der Waals surface area (Å²) in [5.41, 5.74) is 2.02. The van der Waals surface area contributed by atoms with E-state index >= 15 is 0 Å². The van der Waals surface area contributed by atoms with Crippen LogP contribution in [-0.4, -0.2) is 33.2 Å². The van der Waals surface area contributed by atoms with E-state index in [4.69, 9.17) is 0 Å². The zero-order valence-corrected chi connectivity index (χ0v) is 13.3. The van der Waals surface area contributed by atoms with Gasteiger partial charge in [0.15, 0.2) is 0 Å².